The molecule has 28 heavy (non-hydrogen) atoms. The van der Waals surface area contributed by atoms with Crippen molar-refractivity contribution >= 4 is 29.1 Å². The molecule has 2 aromatic carbocycles. The number of hydrogen-bond donors (Lipinski definition) is 2. The average molecular weight is 384 g/mol. The Morgan fingerprint density at radius 2 is 1.68 bits per heavy atom. The average Bonchev–Trinajstić information content (AvgIpc) is 2.71. The van der Waals surface area contributed by atoms with Crippen molar-refractivity contribution in [3.05, 3.63) is 77.5 Å². The monoisotopic (exact) mass is 384 g/mol. The lowest BCUT2D eigenvalue weighted by Crippen LogP contribution is -2.16. The van der Waals surface area contributed by atoms with Crippen molar-refractivity contribution in [2.45, 2.75) is 0 Å². The SMILES string of the molecule is COC(=O)c1cccc(Nc2ccc(C(=O)Nc3c(F)cccc3F)nn2)c1. The van der Waals surface area contributed by atoms with E-state index in [4.69, 9.17) is 0 Å². The molecule has 0 fully saturated rings. The van der Waals surface area contributed by atoms with E-state index in [1.807, 2.05) is 0 Å². The zero-order valence-electron chi connectivity index (χ0n) is 14.6. The Balaban J connectivity index is 1.71. The lowest BCUT2D eigenvalue weighted by molar-refractivity contribution is 0.0600. The van der Waals surface area contributed by atoms with Crippen LogP contribution in [0.15, 0.2) is 54.6 Å². The first-order valence-electron chi connectivity index (χ1n) is 8.02. The summed E-state index contributed by atoms with van der Waals surface area (Å²) < 4.78 is 31.9. The molecule has 0 bridgehead atoms. The van der Waals surface area contributed by atoms with Gasteiger partial charge in [-0.25, -0.2) is 13.6 Å². The minimum absolute atomic E-state index is 0.128. The van der Waals surface area contributed by atoms with E-state index < -0.39 is 29.2 Å². The van der Waals surface area contributed by atoms with Crippen LogP contribution in [-0.2, 0) is 4.74 Å². The highest BCUT2D eigenvalue weighted by molar-refractivity contribution is 6.03. The number of esters is 1. The van der Waals surface area contributed by atoms with E-state index in [1.54, 1.807) is 24.3 Å². The number of benzene rings is 2. The lowest BCUT2D eigenvalue weighted by Gasteiger charge is -2.08. The maximum absolute atomic E-state index is 13.6. The van der Waals surface area contributed by atoms with Crippen LogP contribution in [0.2, 0.25) is 0 Å². The molecular formula is C19H14F2N4O3. The second-order valence-electron chi connectivity index (χ2n) is 5.55. The Labute approximate surface area is 158 Å². The standard InChI is InChI=1S/C19H14F2N4O3/c1-28-19(27)11-4-2-5-12(10-11)22-16-9-8-15(24-25-16)18(26)23-17-13(20)6-3-7-14(17)21/h2-10H,1H3,(H,22,25)(H,23,26). The number of nitrogens with zero attached hydrogens (tertiary/aromatic N) is 2. The van der Waals surface area contributed by atoms with Crippen LogP contribution in [0.3, 0.4) is 0 Å². The van der Waals surface area contributed by atoms with Gasteiger partial charge >= 0.3 is 5.97 Å². The fourth-order valence-electron chi connectivity index (χ4n) is 2.30. The van der Waals surface area contributed by atoms with Crippen molar-refractivity contribution in [1.82, 2.24) is 10.2 Å². The van der Waals surface area contributed by atoms with Crippen LogP contribution < -0.4 is 10.6 Å². The fourth-order valence-corrected chi connectivity index (χ4v) is 2.30. The number of carbonyl (C=O) groups is 2. The van der Waals surface area contributed by atoms with Crippen molar-refractivity contribution < 1.29 is 23.1 Å². The molecule has 7 nitrogen and oxygen atoms in total. The van der Waals surface area contributed by atoms with Gasteiger partial charge in [-0.3, -0.25) is 4.79 Å². The van der Waals surface area contributed by atoms with E-state index in [2.05, 4.69) is 25.6 Å². The molecule has 1 amide bonds. The predicted molar refractivity (Wildman–Crippen MR) is 97.4 cm³/mol. The van der Waals surface area contributed by atoms with Gasteiger partial charge in [0.1, 0.15) is 17.3 Å². The van der Waals surface area contributed by atoms with E-state index in [1.165, 1.54) is 25.3 Å². The third kappa shape index (κ3) is 4.26. The summed E-state index contributed by atoms with van der Waals surface area (Å²) in [5.74, 6) is -2.79. The second-order valence-corrected chi connectivity index (χ2v) is 5.55. The number of amides is 1. The molecular weight excluding hydrogens is 370 g/mol. The minimum Gasteiger partial charge on any atom is -0.465 e. The minimum atomic E-state index is -0.898. The summed E-state index contributed by atoms with van der Waals surface area (Å²) in [7, 11) is 1.28. The molecule has 0 atom stereocenters. The number of para-hydroxylation sites is 1. The van der Waals surface area contributed by atoms with Crippen LogP contribution in [-0.4, -0.2) is 29.2 Å². The molecule has 0 saturated carbocycles. The zero-order valence-corrected chi connectivity index (χ0v) is 14.6. The Morgan fingerprint density at radius 1 is 0.964 bits per heavy atom. The smallest absolute Gasteiger partial charge is 0.337 e. The molecule has 3 aromatic rings. The number of anilines is 3. The van der Waals surface area contributed by atoms with E-state index in [-0.39, 0.29) is 5.69 Å². The molecule has 1 heterocycles. The highest BCUT2D eigenvalue weighted by Crippen LogP contribution is 2.19. The van der Waals surface area contributed by atoms with E-state index in [0.717, 1.165) is 12.1 Å². The third-order valence-corrected chi connectivity index (χ3v) is 3.65. The van der Waals surface area contributed by atoms with E-state index in [0.29, 0.717) is 17.1 Å². The number of carbonyl (C=O) groups excluding carboxylic acids is 2. The van der Waals surface area contributed by atoms with Gasteiger partial charge < -0.3 is 15.4 Å². The number of aromatic nitrogens is 2. The summed E-state index contributed by atoms with van der Waals surface area (Å²) in [4.78, 5) is 23.7. The van der Waals surface area contributed by atoms with Crippen molar-refractivity contribution in [2.75, 3.05) is 17.7 Å². The Kier molecular flexibility index (Phi) is 5.54. The maximum atomic E-state index is 13.6. The quantitative estimate of drug-likeness (QED) is 0.654. The maximum Gasteiger partial charge on any atom is 0.337 e. The van der Waals surface area contributed by atoms with Crippen LogP contribution in [0, 0.1) is 11.6 Å². The van der Waals surface area contributed by atoms with Gasteiger partial charge in [0.25, 0.3) is 5.91 Å². The molecule has 0 radical (unpaired) electrons. The largest absolute Gasteiger partial charge is 0.465 e. The number of ether oxygens (including phenoxy) is 1. The molecule has 0 spiro atoms. The van der Waals surface area contributed by atoms with Crippen molar-refractivity contribution in [3.8, 4) is 0 Å². The van der Waals surface area contributed by atoms with Crippen molar-refractivity contribution in [1.29, 1.82) is 0 Å². The highest BCUT2D eigenvalue weighted by Gasteiger charge is 2.15. The molecule has 142 valence electrons. The second kappa shape index (κ2) is 8.21. The Bertz CT molecular complexity index is 1010. The molecule has 2 N–H and O–H groups in total. The van der Waals surface area contributed by atoms with Gasteiger partial charge in [0.05, 0.1) is 12.7 Å². The van der Waals surface area contributed by atoms with E-state index in [9.17, 15) is 18.4 Å². The van der Waals surface area contributed by atoms with Gasteiger partial charge in [-0.15, -0.1) is 10.2 Å². The van der Waals surface area contributed by atoms with Crippen molar-refractivity contribution in [2.24, 2.45) is 0 Å². The van der Waals surface area contributed by atoms with Gasteiger partial charge in [0, 0.05) is 5.69 Å². The molecule has 0 aliphatic heterocycles. The van der Waals surface area contributed by atoms with E-state index >= 15 is 0 Å². The summed E-state index contributed by atoms with van der Waals surface area (Å²) in [5, 5.41) is 12.6. The molecule has 1 aromatic heterocycles. The first kappa shape index (κ1) is 18.9. The van der Waals surface area contributed by atoms with Gasteiger partial charge in [-0.2, -0.15) is 0 Å². The summed E-state index contributed by atoms with van der Waals surface area (Å²) in [6.45, 7) is 0. The lowest BCUT2D eigenvalue weighted by atomic mass is 10.2. The predicted octanol–water partition coefficient (Wildman–Crippen LogP) is 3.54. The third-order valence-electron chi connectivity index (χ3n) is 3.65. The number of methoxy groups -OCH3 is 1. The Hall–Kier alpha value is -3.88. The molecule has 9 heteroatoms. The summed E-state index contributed by atoms with van der Waals surface area (Å²) in [6, 6.07) is 12.6. The van der Waals surface area contributed by atoms with Crippen LogP contribution in [0.1, 0.15) is 20.8 Å². The number of rotatable bonds is 5. The Morgan fingerprint density at radius 3 is 2.32 bits per heavy atom. The summed E-state index contributed by atoms with van der Waals surface area (Å²) in [5.41, 5.74) is 0.221. The van der Waals surface area contributed by atoms with Crippen molar-refractivity contribution in [3.63, 3.8) is 0 Å². The number of hydrogen-bond acceptors (Lipinski definition) is 6. The van der Waals surface area contributed by atoms with Gasteiger partial charge in [0.15, 0.2) is 11.5 Å². The van der Waals surface area contributed by atoms with Crippen LogP contribution in [0.4, 0.5) is 26.0 Å². The van der Waals surface area contributed by atoms with Gasteiger partial charge in [0.2, 0.25) is 0 Å². The first-order chi connectivity index (χ1) is 13.5. The zero-order chi connectivity index (χ0) is 20.1. The van der Waals surface area contributed by atoms with Gasteiger partial charge in [-0.1, -0.05) is 12.1 Å². The topological polar surface area (TPSA) is 93.2 Å². The molecule has 3 rings (SSSR count). The normalized spacial score (nSPS) is 10.2. The van der Waals surface area contributed by atoms with Gasteiger partial charge in [-0.05, 0) is 42.5 Å². The summed E-state index contributed by atoms with van der Waals surface area (Å²) in [6.07, 6.45) is 0. The number of halogens is 2. The highest BCUT2D eigenvalue weighted by atomic mass is 19.1. The molecule has 0 saturated heterocycles. The van der Waals surface area contributed by atoms with Crippen LogP contribution in [0.25, 0.3) is 0 Å². The first-order valence-corrected chi connectivity index (χ1v) is 8.02. The fraction of sp³-hybridized carbons (Fsp3) is 0.0526. The molecule has 0 aliphatic carbocycles. The summed E-state index contributed by atoms with van der Waals surface area (Å²) >= 11 is 0. The molecule has 0 unspecified atom stereocenters. The van der Waals surface area contributed by atoms with Crippen LogP contribution >= 0.6 is 0 Å². The van der Waals surface area contributed by atoms with Crippen LogP contribution in [0.5, 0.6) is 0 Å². The number of nitrogens with one attached hydrogen (secondary N) is 2. The molecule has 0 aliphatic rings.